The normalized spacial score (nSPS) is 21.3. The second-order valence-corrected chi connectivity index (χ2v) is 7.50. The van der Waals surface area contributed by atoms with Crippen molar-refractivity contribution in [3.8, 4) is 0 Å². The fraction of sp³-hybridized carbons (Fsp3) is 0.350. The van der Waals surface area contributed by atoms with Crippen LogP contribution in [-0.2, 0) is 11.2 Å². The van der Waals surface area contributed by atoms with Gasteiger partial charge in [0.15, 0.2) is 0 Å². The maximum atomic E-state index is 12.7. The number of piperidine rings is 1. The highest BCUT2D eigenvalue weighted by Crippen LogP contribution is 2.26. The molecule has 2 N–H and O–H groups in total. The van der Waals surface area contributed by atoms with Crippen molar-refractivity contribution >= 4 is 23.4 Å². The average Bonchev–Trinajstić information content (AvgIpc) is 2.97. The fourth-order valence-corrected chi connectivity index (χ4v) is 4.00. The van der Waals surface area contributed by atoms with Gasteiger partial charge >= 0.3 is 0 Å². The van der Waals surface area contributed by atoms with Crippen molar-refractivity contribution in [3.05, 3.63) is 64.9 Å². The van der Waals surface area contributed by atoms with E-state index in [0.29, 0.717) is 43.1 Å². The molecule has 6 nitrogen and oxygen atoms in total. The molecule has 140 valence electrons. The van der Waals surface area contributed by atoms with Gasteiger partial charge in [0.2, 0.25) is 5.91 Å². The lowest BCUT2D eigenvalue weighted by molar-refractivity contribution is -0.121. The van der Waals surface area contributed by atoms with Gasteiger partial charge in [-0.1, -0.05) is 41.9 Å². The molecule has 2 saturated heterocycles. The lowest BCUT2D eigenvalue weighted by Crippen LogP contribution is -2.58. The van der Waals surface area contributed by atoms with Crippen molar-refractivity contribution in [2.45, 2.75) is 31.0 Å². The number of amides is 2. The van der Waals surface area contributed by atoms with Crippen molar-refractivity contribution in [1.82, 2.24) is 20.5 Å². The highest BCUT2D eigenvalue weighted by molar-refractivity contribution is 6.29. The van der Waals surface area contributed by atoms with Gasteiger partial charge < -0.3 is 10.2 Å². The van der Waals surface area contributed by atoms with Gasteiger partial charge in [-0.3, -0.25) is 14.9 Å². The summed E-state index contributed by atoms with van der Waals surface area (Å²) in [4.78, 5) is 30.8. The van der Waals surface area contributed by atoms with Crippen molar-refractivity contribution in [2.75, 3.05) is 13.1 Å². The van der Waals surface area contributed by atoms with Gasteiger partial charge in [-0.15, -0.1) is 0 Å². The van der Waals surface area contributed by atoms with Crippen molar-refractivity contribution in [3.63, 3.8) is 0 Å². The molecule has 1 aromatic carbocycles. The first-order chi connectivity index (χ1) is 13.0. The van der Waals surface area contributed by atoms with Crippen LogP contribution in [0.1, 0.15) is 28.8 Å². The van der Waals surface area contributed by atoms with Crippen molar-refractivity contribution in [2.24, 2.45) is 0 Å². The van der Waals surface area contributed by atoms with Crippen molar-refractivity contribution in [1.29, 1.82) is 0 Å². The zero-order valence-electron chi connectivity index (χ0n) is 14.8. The number of hydrogen-bond acceptors (Lipinski definition) is 4. The highest BCUT2D eigenvalue weighted by Gasteiger charge is 2.45. The van der Waals surface area contributed by atoms with Crippen LogP contribution in [-0.4, -0.2) is 46.5 Å². The zero-order valence-corrected chi connectivity index (χ0v) is 15.6. The second kappa shape index (κ2) is 7.29. The monoisotopic (exact) mass is 384 g/mol. The smallest absolute Gasteiger partial charge is 0.254 e. The Hall–Kier alpha value is -2.44. The van der Waals surface area contributed by atoms with E-state index in [2.05, 4.69) is 15.6 Å². The molecule has 3 heterocycles. The molecule has 4 rings (SSSR count). The Kier molecular flexibility index (Phi) is 4.85. The van der Waals surface area contributed by atoms with Crippen LogP contribution in [0.3, 0.4) is 0 Å². The van der Waals surface area contributed by atoms with Crippen LogP contribution >= 0.6 is 11.6 Å². The van der Waals surface area contributed by atoms with E-state index in [4.69, 9.17) is 11.6 Å². The van der Waals surface area contributed by atoms with Crippen molar-refractivity contribution < 1.29 is 9.59 Å². The Morgan fingerprint density at radius 1 is 1.22 bits per heavy atom. The minimum Gasteiger partial charge on any atom is -0.338 e. The summed E-state index contributed by atoms with van der Waals surface area (Å²) < 4.78 is 0. The van der Waals surface area contributed by atoms with Crippen LogP contribution in [0, 0.1) is 0 Å². The van der Waals surface area contributed by atoms with Gasteiger partial charge in [0.1, 0.15) is 5.15 Å². The Morgan fingerprint density at radius 2 is 1.96 bits per heavy atom. The number of halogens is 1. The van der Waals surface area contributed by atoms with E-state index in [1.807, 2.05) is 30.3 Å². The first-order valence-corrected chi connectivity index (χ1v) is 9.47. The van der Waals surface area contributed by atoms with E-state index in [1.54, 1.807) is 17.0 Å². The van der Waals surface area contributed by atoms with E-state index < -0.39 is 5.66 Å². The van der Waals surface area contributed by atoms with Crippen LogP contribution < -0.4 is 10.6 Å². The largest absolute Gasteiger partial charge is 0.338 e. The van der Waals surface area contributed by atoms with Crippen LogP contribution in [0.5, 0.6) is 0 Å². The molecule has 2 fully saturated rings. The third kappa shape index (κ3) is 3.82. The predicted octanol–water partition coefficient (Wildman–Crippen LogP) is 2.00. The van der Waals surface area contributed by atoms with E-state index in [1.165, 1.54) is 6.20 Å². The Balaban J connectivity index is 1.38. The van der Waals surface area contributed by atoms with E-state index in [0.717, 1.165) is 5.56 Å². The predicted molar refractivity (Wildman–Crippen MR) is 102 cm³/mol. The SMILES string of the molecule is O=C1NC2(CCN(C(=O)c3ccnc(Cl)c3)CC2)NC1Cc1ccccc1. The number of carbonyl (C=O) groups is 2. The number of aromatic nitrogens is 1. The molecule has 2 aromatic rings. The summed E-state index contributed by atoms with van der Waals surface area (Å²) in [7, 11) is 0. The Bertz CT molecular complexity index is 850. The van der Waals surface area contributed by atoms with Gasteiger partial charge in [-0.25, -0.2) is 4.98 Å². The number of hydrogen-bond donors (Lipinski definition) is 2. The zero-order chi connectivity index (χ0) is 18.9. The summed E-state index contributed by atoms with van der Waals surface area (Å²) in [6.45, 7) is 1.15. The second-order valence-electron chi connectivity index (χ2n) is 7.12. The van der Waals surface area contributed by atoms with E-state index in [-0.39, 0.29) is 17.9 Å². The number of benzene rings is 1. The van der Waals surface area contributed by atoms with Gasteiger partial charge in [-0.2, -0.15) is 0 Å². The fourth-order valence-electron chi connectivity index (χ4n) is 3.83. The molecule has 2 amide bonds. The maximum absolute atomic E-state index is 12.7. The third-order valence-corrected chi connectivity index (χ3v) is 5.50. The molecule has 0 aliphatic carbocycles. The molecule has 2 aliphatic rings. The summed E-state index contributed by atoms with van der Waals surface area (Å²) in [6.07, 6.45) is 3.55. The first-order valence-electron chi connectivity index (χ1n) is 9.09. The molecule has 2 aliphatic heterocycles. The van der Waals surface area contributed by atoms with Gasteiger partial charge in [0, 0.05) is 37.7 Å². The first kappa shape index (κ1) is 17.9. The minimum atomic E-state index is -0.427. The highest BCUT2D eigenvalue weighted by atomic mass is 35.5. The quantitative estimate of drug-likeness (QED) is 0.794. The van der Waals surface area contributed by atoms with Crippen LogP contribution in [0.15, 0.2) is 48.7 Å². The summed E-state index contributed by atoms with van der Waals surface area (Å²) in [6, 6.07) is 13.0. The number of carbonyl (C=O) groups excluding carboxylic acids is 2. The minimum absolute atomic E-state index is 0.0274. The molecule has 0 radical (unpaired) electrons. The average molecular weight is 385 g/mol. The molecule has 1 atom stereocenters. The molecule has 1 spiro atoms. The summed E-state index contributed by atoms with van der Waals surface area (Å²) >= 11 is 5.89. The maximum Gasteiger partial charge on any atom is 0.254 e. The molecule has 27 heavy (non-hydrogen) atoms. The molecule has 1 unspecified atom stereocenters. The standard InChI is InChI=1S/C20H21ClN4O2/c21-17-13-15(6-9-22-17)19(27)25-10-7-20(8-11-25)23-16(18(26)24-20)12-14-4-2-1-3-5-14/h1-6,9,13,16,23H,7-8,10-12H2,(H,24,26). The summed E-state index contributed by atoms with van der Waals surface area (Å²) in [5.41, 5.74) is 1.24. The van der Waals surface area contributed by atoms with Crippen LogP contribution in [0.25, 0.3) is 0 Å². The number of nitrogens with zero attached hydrogens (tertiary/aromatic N) is 2. The van der Waals surface area contributed by atoms with E-state index in [9.17, 15) is 9.59 Å². The van der Waals surface area contributed by atoms with Gasteiger partial charge in [0.25, 0.3) is 5.91 Å². The van der Waals surface area contributed by atoms with Crippen LogP contribution in [0.2, 0.25) is 5.15 Å². The summed E-state index contributed by atoms with van der Waals surface area (Å²) in [5.74, 6) is -0.0288. The van der Waals surface area contributed by atoms with Crippen LogP contribution in [0.4, 0.5) is 0 Å². The molecule has 1 aromatic heterocycles. The Morgan fingerprint density at radius 3 is 2.67 bits per heavy atom. The van der Waals surface area contributed by atoms with E-state index >= 15 is 0 Å². The number of likely N-dealkylation sites (tertiary alicyclic amines) is 1. The molecular weight excluding hydrogens is 364 g/mol. The third-order valence-electron chi connectivity index (χ3n) is 5.29. The number of nitrogens with one attached hydrogen (secondary N) is 2. The lowest BCUT2D eigenvalue weighted by atomic mass is 9.96. The number of rotatable bonds is 3. The van der Waals surface area contributed by atoms with Gasteiger partial charge in [-0.05, 0) is 24.1 Å². The Labute approximate surface area is 162 Å². The topological polar surface area (TPSA) is 74.3 Å². The summed E-state index contributed by atoms with van der Waals surface area (Å²) in [5, 5.41) is 6.92. The number of pyridine rings is 1. The lowest BCUT2D eigenvalue weighted by Gasteiger charge is -2.39. The molecule has 0 bridgehead atoms. The molecule has 0 saturated carbocycles. The molecule has 7 heteroatoms. The molecular formula is C20H21ClN4O2. The van der Waals surface area contributed by atoms with Gasteiger partial charge in [0.05, 0.1) is 11.7 Å².